The molecule has 2 rings (SSSR count). The smallest absolute Gasteiger partial charge is 0.172 e. The van der Waals surface area contributed by atoms with Crippen LogP contribution in [0.5, 0.6) is 0 Å². The Morgan fingerprint density at radius 2 is 1.95 bits per heavy atom. The van der Waals surface area contributed by atoms with Crippen LogP contribution in [-0.2, 0) is 6.54 Å². The van der Waals surface area contributed by atoms with Gasteiger partial charge < -0.3 is 0 Å². The number of carbonyl (C=O) groups is 1. The Hall–Kier alpha value is -1.97. The average molecular weight is 285 g/mol. The summed E-state index contributed by atoms with van der Waals surface area (Å²) in [5.74, 6) is 0. The number of aldehydes is 1. The van der Waals surface area contributed by atoms with Crippen molar-refractivity contribution in [3.8, 4) is 11.3 Å². The molecule has 0 radical (unpaired) electrons. The number of aromatic nitrogens is 3. The summed E-state index contributed by atoms with van der Waals surface area (Å²) in [4.78, 5) is 11.2. The van der Waals surface area contributed by atoms with Gasteiger partial charge in [0, 0.05) is 12.1 Å². The number of carbonyl (C=O) groups excluding carboxylic acids is 1. The molecule has 0 saturated heterocycles. The number of rotatable bonds is 7. The second-order valence-corrected chi connectivity index (χ2v) is 5.52. The zero-order valence-electron chi connectivity index (χ0n) is 13.1. The lowest BCUT2D eigenvalue weighted by Gasteiger charge is -2.09. The normalized spacial score (nSPS) is 10.8. The minimum absolute atomic E-state index is 0.425. The van der Waals surface area contributed by atoms with Gasteiger partial charge in [-0.05, 0) is 37.5 Å². The number of nitrogens with zero attached hydrogens (tertiary/aromatic N) is 3. The number of unbranched alkanes of at least 4 members (excludes halogenated alkanes) is 3. The average Bonchev–Trinajstić information content (AvgIpc) is 2.89. The summed E-state index contributed by atoms with van der Waals surface area (Å²) >= 11 is 0. The van der Waals surface area contributed by atoms with E-state index >= 15 is 0 Å². The first kappa shape index (κ1) is 15.4. The molecule has 21 heavy (non-hydrogen) atoms. The van der Waals surface area contributed by atoms with Gasteiger partial charge in [0.25, 0.3) is 0 Å². The highest BCUT2D eigenvalue weighted by molar-refractivity contribution is 5.83. The fourth-order valence-corrected chi connectivity index (χ4v) is 2.44. The lowest BCUT2D eigenvalue weighted by molar-refractivity contribution is 0.111. The van der Waals surface area contributed by atoms with Crippen molar-refractivity contribution in [3.63, 3.8) is 0 Å². The highest BCUT2D eigenvalue weighted by Crippen LogP contribution is 2.24. The topological polar surface area (TPSA) is 47.8 Å². The number of benzene rings is 1. The molecule has 0 aliphatic carbocycles. The van der Waals surface area contributed by atoms with Gasteiger partial charge in [0.15, 0.2) is 12.0 Å². The van der Waals surface area contributed by atoms with Crippen molar-refractivity contribution >= 4 is 6.29 Å². The molecule has 1 heterocycles. The van der Waals surface area contributed by atoms with E-state index in [0.29, 0.717) is 5.69 Å². The lowest BCUT2D eigenvalue weighted by Crippen LogP contribution is -2.03. The van der Waals surface area contributed by atoms with Crippen molar-refractivity contribution in [1.29, 1.82) is 0 Å². The molecule has 2 aromatic rings. The Morgan fingerprint density at radius 3 is 2.62 bits per heavy atom. The first-order chi connectivity index (χ1) is 10.2. The Kier molecular flexibility index (Phi) is 5.26. The molecule has 0 amide bonds. The zero-order valence-corrected chi connectivity index (χ0v) is 13.1. The van der Waals surface area contributed by atoms with E-state index in [1.54, 1.807) is 0 Å². The van der Waals surface area contributed by atoms with Gasteiger partial charge in [-0.25, -0.2) is 4.68 Å². The van der Waals surface area contributed by atoms with Gasteiger partial charge in [0.2, 0.25) is 0 Å². The maximum atomic E-state index is 11.2. The van der Waals surface area contributed by atoms with Crippen LogP contribution >= 0.6 is 0 Å². The standard InChI is InChI=1S/C17H23N3O/c1-4-5-6-7-10-20-17(16(12-21)18-19-20)15-9-8-13(2)14(3)11-15/h8-9,11-12H,4-7,10H2,1-3H3. The van der Waals surface area contributed by atoms with Gasteiger partial charge in [-0.1, -0.05) is 43.5 Å². The van der Waals surface area contributed by atoms with Crippen molar-refractivity contribution in [2.24, 2.45) is 0 Å². The van der Waals surface area contributed by atoms with Gasteiger partial charge in [-0.2, -0.15) is 0 Å². The van der Waals surface area contributed by atoms with E-state index in [9.17, 15) is 4.79 Å². The molecule has 1 aromatic carbocycles. The van der Waals surface area contributed by atoms with Crippen molar-refractivity contribution in [1.82, 2.24) is 15.0 Å². The Balaban J connectivity index is 2.29. The van der Waals surface area contributed by atoms with E-state index in [1.807, 2.05) is 10.7 Å². The van der Waals surface area contributed by atoms with E-state index in [0.717, 1.165) is 30.5 Å². The molecule has 4 nitrogen and oxygen atoms in total. The fraction of sp³-hybridized carbons (Fsp3) is 0.471. The monoisotopic (exact) mass is 285 g/mol. The minimum Gasteiger partial charge on any atom is -0.296 e. The van der Waals surface area contributed by atoms with Crippen LogP contribution in [0, 0.1) is 13.8 Å². The first-order valence-corrected chi connectivity index (χ1v) is 7.63. The molecule has 0 spiro atoms. The van der Waals surface area contributed by atoms with E-state index in [-0.39, 0.29) is 0 Å². The van der Waals surface area contributed by atoms with E-state index in [4.69, 9.17) is 0 Å². The maximum absolute atomic E-state index is 11.2. The molecule has 0 unspecified atom stereocenters. The van der Waals surface area contributed by atoms with Gasteiger partial charge in [0.1, 0.15) is 0 Å². The van der Waals surface area contributed by atoms with Crippen LogP contribution in [0.1, 0.15) is 54.2 Å². The van der Waals surface area contributed by atoms with Gasteiger partial charge in [-0.15, -0.1) is 5.10 Å². The van der Waals surface area contributed by atoms with E-state index in [2.05, 4.69) is 43.2 Å². The zero-order chi connectivity index (χ0) is 15.2. The van der Waals surface area contributed by atoms with Crippen LogP contribution in [0.25, 0.3) is 11.3 Å². The predicted molar refractivity (Wildman–Crippen MR) is 84.5 cm³/mol. The van der Waals surface area contributed by atoms with Crippen molar-refractivity contribution in [2.45, 2.75) is 53.0 Å². The summed E-state index contributed by atoms with van der Waals surface area (Å²) in [6.07, 6.45) is 5.47. The SMILES string of the molecule is CCCCCCn1nnc(C=O)c1-c1ccc(C)c(C)c1. The Labute approximate surface area is 126 Å². The summed E-state index contributed by atoms with van der Waals surface area (Å²) in [7, 11) is 0. The van der Waals surface area contributed by atoms with Crippen LogP contribution in [0.15, 0.2) is 18.2 Å². The molecular weight excluding hydrogens is 262 g/mol. The summed E-state index contributed by atoms with van der Waals surface area (Å²) in [5.41, 5.74) is 4.73. The molecule has 0 N–H and O–H groups in total. The third-order valence-electron chi connectivity index (χ3n) is 3.88. The van der Waals surface area contributed by atoms with Gasteiger partial charge in [0.05, 0.1) is 5.69 Å². The molecule has 0 saturated carbocycles. The number of aryl methyl sites for hydroxylation is 3. The molecule has 0 atom stereocenters. The van der Waals surface area contributed by atoms with E-state index < -0.39 is 0 Å². The van der Waals surface area contributed by atoms with E-state index in [1.165, 1.54) is 30.4 Å². The highest BCUT2D eigenvalue weighted by atomic mass is 16.1. The summed E-state index contributed by atoms with van der Waals surface area (Å²) in [5, 5.41) is 8.16. The lowest BCUT2D eigenvalue weighted by atomic mass is 10.0. The Morgan fingerprint density at radius 1 is 1.14 bits per heavy atom. The largest absolute Gasteiger partial charge is 0.296 e. The second-order valence-electron chi connectivity index (χ2n) is 5.52. The minimum atomic E-state index is 0.425. The first-order valence-electron chi connectivity index (χ1n) is 7.63. The summed E-state index contributed by atoms with van der Waals surface area (Å²) < 4.78 is 1.86. The van der Waals surface area contributed by atoms with Crippen LogP contribution in [0.2, 0.25) is 0 Å². The van der Waals surface area contributed by atoms with Crippen molar-refractivity contribution in [3.05, 3.63) is 35.0 Å². The van der Waals surface area contributed by atoms with Crippen LogP contribution in [0.3, 0.4) is 0 Å². The molecule has 4 heteroatoms. The van der Waals surface area contributed by atoms with Gasteiger partial charge >= 0.3 is 0 Å². The molecule has 112 valence electrons. The number of hydrogen-bond donors (Lipinski definition) is 0. The van der Waals surface area contributed by atoms with Crippen molar-refractivity contribution < 1.29 is 4.79 Å². The van der Waals surface area contributed by atoms with Crippen LogP contribution in [0.4, 0.5) is 0 Å². The quantitative estimate of drug-likeness (QED) is 0.571. The maximum Gasteiger partial charge on any atom is 0.172 e. The second kappa shape index (κ2) is 7.16. The fourth-order valence-electron chi connectivity index (χ4n) is 2.44. The molecule has 0 fully saturated rings. The molecular formula is C17H23N3O. The Bertz CT molecular complexity index is 616. The molecule has 0 aliphatic heterocycles. The molecule has 0 aliphatic rings. The van der Waals surface area contributed by atoms with Crippen LogP contribution < -0.4 is 0 Å². The molecule has 1 aromatic heterocycles. The van der Waals surface area contributed by atoms with Crippen LogP contribution in [-0.4, -0.2) is 21.3 Å². The summed E-state index contributed by atoms with van der Waals surface area (Å²) in [6, 6.07) is 6.22. The highest BCUT2D eigenvalue weighted by Gasteiger charge is 2.14. The summed E-state index contributed by atoms with van der Waals surface area (Å²) in [6.45, 7) is 7.17. The third kappa shape index (κ3) is 3.57. The number of hydrogen-bond acceptors (Lipinski definition) is 3. The third-order valence-corrected chi connectivity index (χ3v) is 3.88. The molecule has 0 bridgehead atoms. The predicted octanol–water partition coefficient (Wildman–Crippen LogP) is 3.95. The van der Waals surface area contributed by atoms with Gasteiger partial charge in [-0.3, -0.25) is 4.79 Å². The van der Waals surface area contributed by atoms with Crippen molar-refractivity contribution in [2.75, 3.05) is 0 Å².